The summed E-state index contributed by atoms with van der Waals surface area (Å²) in [6.07, 6.45) is 3.17. The van der Waals surface area contributed by atoms with E-state index in [1.807, 2.05) is 6.92 Å². The summed E-state index contributed by atoms with van der Waals surface area (Å²) in [5.41, 5.74) is 1.74. The van der Waals surface area contributed by atoms with Gasteiger partial charge in [-0.2, -0.15) is 5.26 Å². The highest BCUT2D eigenvalue weighted by molar-refractivity contribution is 6.03. The Hall–Kier alpha value is -3.79. The monoisotopic (exact) mass is 377 g/mol. The number of furan rings is 2. The smallest absolute Gasteiger partial charge is 0.291 e. The molecule has 3 rings (SSSR count). The average Bonchev–Trinajstić information content (AvgIpc) is 3.40. The zero-order chi connectivity index (χ0) is 19.9. The molecule has 0 radical (unpaired) electrons. The van der Waals surface area contributed by atoms with Gasteiger partial charge in [0.2, 0.25) is 0 Å². The molecular formula is C21H19N3O4. The molecule has 0 bridgehead atoms. The van der Waals surface area contributed by atoms with Crippen molar-refractivity contribution in [3.63, 3.8) is 0 Å². The van der Waals surface area contributed by atoms with Gasteiger partial charge in [0, 0.05) is 17.8 Å². The van der Waals surface area contributed by atoms with E-state index in [1.165, 1.54) is 12.5 Å². The number of carbonyl (C=O) groups is 2. The van der Waals surface area contributed by atoms with Crippen LogP contribution in [0.15, 0.2) is 63.8 Å². The van der Waals surface area contributed by atoms with Gasteiger partial charge in [-0.3, -0.25) is 9.59 Å². The lowest BCUT2D eigenvalue weighted by Gasteiger charge is -2.21. The van der Waals surface area contributed by atoms with Crippen LogP contribution in [0.5, 0.6) is 0 Å². The van der Waals surface area contributed by atoms with Crippen molar-refractivity contribution in [2.24, 2.45) is 0 Å². The van der Waals surface area contributed by atoms with Crippen LogP contribution in [0.1, 0.15) is 38.7 Å². The molecule has 7 nitrogen and oxygen atoms in total. The third kappa shape index (κ3) is 4.48. The summed E-state index contributed by atoms with van der Waals surface area (Å²) in [6.45, 7) is 2.37. The third-order valence-electron chi connectivity index (χ3n) is 4.19. The van der Waals surface area contributed by atoms with Crippen molar-refractivity contribution in [1.82, 2.24) is 4.90 Å². The Morgan fingerprint density at radius 1 is 1.14 bits per heavy atom. The number of hydrogen-bond donors (Lipinski definition) is 1. The maximum absolute atomic E-state index is 13.0. The number of nitrogens with one attached hydrogen (secondary N) is 1. The van der Waals surface area contributed by atoms with Crippen molar-refractivity contribution >= 4 is 17.5 Å². The molecule has 1 aromatic carbocycles. The fourth-order valence-electron chi connectivity index (χ4n) is 2.69. The Morgan fingerprint density at radius 2 is 1.93 bits per heavy atom. The summed E-state index contributed by atoms with van der Waals surface area (Å²) >= 11 is 0. The van der Waals surface area contributed by atoms with Crippen LogP contribution in [-0.2, 0) is 6.54 Å². The van der Waals surface area contributed by atoms with Gasteiger partial charge in [0.25, 0.3) is 11.8 Å². The SMILES string of the molecule is Cc1ccc(C(=O)N(CCC#N)Cc2ccco2)cc1NC(=O)c1ccco1. The molecule has 0 aliphatic carbocycles. The third-order valence-corrected chi connectivity index (χ3v) is 4.19. The highest BCUT2D eigenvalue weighted by atomic mass is 16.3. The zero-order valence-corrected chi connectivity index (χ0v) is 15.3. The minimum absolute atomic E-state index is 0.185. The summed E-state index contributed by atoms with van der Waals surface area (Å²) in [6, 6.07) is 13.9. The number of aryl methyl sites for hydroxylation is 1. The van der Waals surface area contributed by atoms with Crippen molar-refractivity contribution in [2.75, 3.05) is 11.9 Å². The molecule has 0 fully saturated rings. The molecule has 28 heavy (non-hydrogen) atoms. The van der Waals surface area contributed by atoms with Crippen LogP contribution in [0.25, 0.3) is 0 Å². The standard InChI is InChI=1S/C21H19N3O4/c1-15-7-8-16(13-18(15)23-20(25)19-6-3-12-28-19)21(26)24(10-4-9-22)14-17-5-2-11-27-17/h2-3,5-8,11-13H,4,10,14H2,1H3,(H,23,25). The van der Waals surface area contributed by atoms with Crippen LogP contribution >= 0.6 is 0 Å². The molecule has 3 aromatic rings. The van der Waals surface area contributed by atoms with E-state index in [2.05, 4.69) is 11.4 Å². The van der Waals surface area contributed by atoms with E-state index in [9.17, 15) is 9.59 Å². The van der Waals surface area contributed by atoms with Crippen molar-refractivity contribution in [3.8, 4) is 6.07 Å². The molecule has 0 aliphatic rings. The van der Waals surface area contributed by atoms with E-state index in [1.54, 1.807) is 47.4 Å². The topological polar surface area (TPSA) is 99.5 Å². The summed E-state index contributed by atoms with van der Waals surface area (Å²) in [5.74, 6) is 0.170. The Balaban J connectivity index is 1.81. The lowest BCUT2D eigenvalue weighted by Crippen LogP contribution is -2.31. The maximum atomic E-state index is 13.0. The molecule has 0 aliphatic heterocycles. The second-order valence-corrected chi connectivity index (χ2v) is 6.18. The van der Waals surface area contributed by atoms with Crippen LogP contribution < -0.4 is 5.32 Å². The summed E-state index contributed by atoms with van der Waals surface area (Å²) in [4.78, 5) is 26.8. The Kier molecular flexibility index (Phi) is 5.92. The largest absolute Gasteiger partial charge is 0.467 e. The molecule has 142 valence electrons. The minimum atomic E-state index is -0.394. The molecule has 0 saturated heterocycles. The summed E-state index contributed by atoms with van der Waals surface area (Å²) in [7, 11) is 0. The fraction of sp³-hybridized carbons (Fsp3) is 0.190. The van der Waals surface area contributed by atoms with Crippen LogP contribution in [0, 0.1) is 18.3 Å². The molecule has 2 amide bonds. The predicted octanol–water partition coefficient (Wildman–Crippen LogP) is 3.99. The Labute approximate surface area is 162 Å². The second-order valence-electron chi connectivity index (χ2n) is 6.18. The van der Waals surface area contributed by atoms with E-state index in [-0.39, 0.29) is 31.2 Å². The first-order valence-corrected chi connectivity index (χ1v) is 8.72. The van der Waals surface area contributed by atoms with E-state index >= 15 is 0 Å². The van der Waals surface area contributed by atoms with E-state index in [0.717, 1.165) is 5.56 Å². The maximum Gasteiger partial charge on any atom is 0.291 e. The molecule has 7 heteroatoms. The first-order chi connectivity index (χ1) is 13.6. The Morgan fingerprint density at radius 3 is 2.61 bits per heavy atom. The Bertz CT molecular complexity index is 985. The fourth-order valence-corrected chi connectivity index (χ4v) is 2.69. The number of nitrogens with zero attached hydrogens (tertiary/aromatic N) is 2. The zero-order valence-electron chi connectivity index (χ0n) is 15.3. The number of anilines is 1. The molecule has 2 heterocycles. The van der Waals surface area contributed by atoms with Crippen molar-refractivity contribution in [1.29, 1.82) is 5.26 Å². The first-order valence-electron chi connectivity index (χ1n) is 8.72. The number of rotatable bonds is 7. The van der Waals surface area contributed by atoms with E-state index in [0.29, 0.717) is 17.0 Å². The van der Waals surface area contributed by atoms with E-state index < -0.39 is 5.91 Å². The molecule has 2 aromatic heterocycles. The second kappa shape index (κ2) is 8.73. The summed E-state index contributed by atoms with van der Waals surface area (Å²) < 4.78 is 10.4. The van der Waals surface area contributed by atoms with Crippen LogP contribution in [0.2, 0.25) is 0 Å². The molecule has 0 unspecified atom stereocenters. The number of benzene rings is 1. The summed E-state index contributed by atoms with van der Waals surface area (Å²) in [5, 5.41) is 11.7. The number of carbonyl (C=O) groups excluding carboxylic acids is 2. The van der Waals surface area contributed by atoms with Crippen LogP contribution in [-0.4, -0.2) is 23.3 Å². The van der Waals surface area contributed by atoms with Gasteiger partial charge >= 0.3 is 0 Å². The van der Waals surface area contributed by atoms with Gasteiger partial charge in [0.15, 0.2) is 5.76 Å². The van der Waals surface area contributed by atoms with Gasteiger partial charge in [-0.1, -0.05) is 6.07 Å². The van der Waals surface area contributed by atoms with Crippen LogP contribution in [0.3, 0.4) is 0 Å². The normalized spacial score (nSPS) is 10.3. The quantitative estimate of drug-likeness (QED) is 0.671. The predicted molar refractivity (Wildman–Crippen MR) is 102 cm³/mol. The van der Waals surface area contributed by atoms with Gasteiger partial charge in [0.1, 0.15) is 5.76 Å². The van der Waals surface area contributed by atoms with Crippen LogP contribution in [0.4, 0.5) is 5.69 Å². The molecule has 0 spiro atoms. The molecule has 0 atom stereocenters. The van der Waals surface area contributed by atoms with E-state index in [4.69, 9.17) is 14.1 Å². The minimum Gasteiger partial charge on any atom is -0.467 e. The van der Waals surface area contributed by atoms with Gasteiger partial charge in [0.05, 0.1) is 31.6 Å². The lowest BCUT2D eigenvalue weighted by atomic mass is 10.1. The van der Waals surface area contributed by atoms with Gasteiger partial charge in [-0.15, -0.1) is 0 Å². The van der Waals surface area contributed by atoms with Crippen molar-refractivity contribution in [2.45, 2.75) is 19.9 Å². The highest BCUT2D eigenvalue weighted by Crippen LogP contribution is 2.20. The number of hydrogen-bond acceptors (Lipinski definition) is 5. The molecule has 1 N–H and O–H groups in total. The first kappa shape index (κ1) is 19.0. The number of amides is 2. The lowest BCUT2D eigenvalue weighted by molar-refractivity contribution is 0.0735. The average molecular weight is 377 g/mol. The van der Waals surface area contributed by atoms with Gasteiger partial charge in [-0.25, -0.2) is 0 Å². The number of nitriles is 1. The van der Waals surface area contributed by atoms with Gasteiger partial charge in [-0.05, 0) is 48.9 Å². The molecular weight excluding hydrogens is 358 g/mol. The van der Waals surface area contributed by atoms with Gasteiger partial charge < -0.3 is 19.1 Å². The van der Waals surface area contributed by atoms with Crippen molar-refractivity contribution in [3.05, 3.63) is 77.6 Å². The highest BCUT2D eigenvalue weighted by Gasteiger charge is 2.19. The van der Waals surface area contributed by atoms with Crippen molar-refractivity contribution < 1.29 is 18.4 Å². The molecule has 0 saturated carbocycles.